The lowest BCUT2D eigenvalue weighted by Gasteiger charge is -2.17. The molecule has 214 valence electrons. The van der Waals surface area contributed by atoms with Crippen molar-refractivity contribution in [3.8, 4) is 34.0 Å². The summed E-state index contributed by atoms with van der Waals surface area (Å²) in [7, 11) is -1.04. The van der Waals surface area contributed by atoms with Gasteiger partial charge in [-0.1, -0.05) is 48.9 Å². The molecule has 2 aromatic carbocycles. The number of hydrogen-bond donors (Lipinski definition) is 0. The molecule has 0 aliphatic carbocycles. The van der Waals surface area contributed by atoms with Crippen LogP contribution in [0.15, 0.2) is 59.6 Å². The summed E-state index contributed by atoms with van der Waals surface area (Å²) in [5.41, 5.74) is -0.0935. The van der Waals surface area contributed by atoms with E-state index in [0.29, 0.717) is 16.7 Å². The van der Waals surface area contributed by atoms with Gasteiger partial charge < -0.3 is 9.13 Å². The lowest BCUT2D eigenvalue weighted by molar-refractivity contribution is -0.291. The summed E-state index contributed by atoms with van der Waals surface area (Å²) < 4.78 is 95.8. The number of aromatic nitrogens is 6. The van der Waals surface area contributed by atoms with Crippen molar-refractivity contribution >= 4 is 32.6 Å². The highest BCUT2D eigenvalue weighted by Crippen LogP contribution is 2.43. The Morgan fingerprint density at radius 2 is 1.46 bits per heavy atom. The highest BCUT2D eigenvalue weighted by molar-refractivity contribution is 7.91. The Morgan fingerprint density at radius 1 is 0.829 bits per heavy atom. The molecule has 0 bridgehead atoms. The van der Waals surface area contributed by atoms with E-state index >= 15 is 0 Å². The van der Waals surface area contributed by atoms with Gasteiger partial charge in [-0.05, 0) is 35.4 Å². The number of sulfone groups is 1. The normalized spacial score (nSPS) is 12.8. The average molecular weight is 611 g/mol. The smallest absolute Gasteiger partial charge is 0.318 e. The summed E-state index contributed by atoms with van der Waals surface area (Å²) in [6, 6.07) is 14.8. The Hall–Kier alpha value is -3.91. The van der Waals surface area contributed by atoms with E-state index in [4.69, 9.17) is 11.6 Å². The first kappa shape index (κ1) is 28.6. The van der Waals surface area contributed by atoms with E-state index in [1.54, 1.807) is 36.4 Å². The van der Waals surface area contributed by atoms with Crippen LogP contribution in [0.2, 0.25) is 5.02 Å². The minimum absolute atomic E-state index is 0.110. The summed E-state index contributed by atoms with van der Waals surface area (Å²) in [4.78, 5) is 8.76. The third-order valence-electron chi connectivity index (χ3n) is 6.50. The molecule has 41 heavy (non-hydrogen) atoms. The molecule has 8 nitrogen and oxygen atoms in total. The van der Waals surface area contributed by atoms with Gasteiger partial charge in [0.15, 0.2) is 26.3 Å². The van der Waals surface area contributed by atoms with Gasteiger partial charge in [0, 0.05) is 24.7 Å². The molecule has 0 amide bonds. The van der Waals surface area contributed by atoms with Gasteiger partial charge in [0.1, 0.15) is 22.7 Å². The molecule has 3 heterocycles. The first-order chi connectivity index (χ1) is 19.2. The third kappa shape index (κ3) is 4.84. The largest absolute Gasteiger partial charge is 0.459 e. The SMILES string of the molecule is CCS(=O)(=O)c1c(-c2nc3cc(C(F)(F)C(F)(F)F)nnc3n2C)nc(-c2cccc(-c3cccc(Cl)c3)c2)n1C. The minimum Gasteiger partial charge on any atom is -0.318 e. The van der Waals surface area contributed by atoms with Crippen LogP contribution in [0, 0.1) is 0 Å². The lowest BCUT2D eigenvalue weighted by Crippen LogP contribution is -2.34. The van der Waals surface area contributed by atoms with Crippen molar-refractivity contribution < 1.29 is 30.4 Å². The van der Waals surface area contributed by atoms with Gasteiger partial charge in [0.2, 0.25) is 0 Å². The number of alkyl halides is 5. The number of rotatable bonds is 6. The zero-order valence-electron chi connectivity index (χ0n) is 21.6. The van der Waals surface area contributed by atoms with E-state index in [-0.39, 0.29) is 39.3 Å². The highest BCUT2D eigenvalue weighted by Gasteiger charge is 2.60. The van der Waals surface area contributed by atoms with Gasteiger partial charge in [-0.25, -0.2) is 18.4 Å². The second kappa shape index (κ2) is 9.87. The number of fused-ring (bicyclic) bond motifs is 1. The van der Waals surface area contributed by atoms with Crippen molar-refractivity contribution in [3.63, 3.8) is 0 Å². The van der Waals surface area contributed by atoms with Crippen LogP contribution in [0.25, 0.3) is 45.2 Å². The Labute approximate surface area is 235 Å². The molecule has 0 aliphatic heterocycles. The zero-order valence-corrected chi connectivity index (χ0v) is 23.2. The van der Waals surface area contributed by atoms with Crippen LogP contribution in [0.4, 0.5) is 22.0 Å². The molecule has 0 N–H and O–H groups in total. The zero-order chi connectivity index (χ0) is 29.9. The van der Waals surface area contributed by atoms with Crippen LogP contribution < -0.4 is 0 Å². The monoisotopic (exact) mass is 610 g/mol. The maximum Gasteiger partial charge on any atom is 0.459 e. The quantitative estimate of drug-likeness (QED) is 0.213. The second-order valence-corrected chi connectivity index (χ2v) is 11.8. The highest BCUT2D eigenvalue weighted by atomic mass is 35.5. The average Bonchev–Trinajstić information content (AvgIpc) is 3.44. The van der Waals surface area contributed by atoms with E-state index < -0.39 is 27.6 Å². The Balaban J connectivity index is 1.71. The molecule has 0 atom stereocenters. The number of imidazole rings is 2. The molecule has 5 rings (SSSR count). The van der Waals surface area contributed by atoms with Crippen molar-refractivity contribution in [1.29, 1.82) is 0 Å². The van der Waals surface area contributed by atoms with Crippen molar-refractivity contribution in [2.45, 2.75) is 24.0 Å². The Morgan fingerprint density at radius 3 is 2.10 bits per heavy atom. The molecule has 0 unspecified atom stereocenters. The van der Waals surface area contributed by atoms with Crippen molar-refractivity contribution in [3.05, 3.63) is 65.3 Å². The van der Waals surface area contributed by atoms with Gasteiger partial charge >= 0.3 is 12.1 Å². The minimum atomic E-state index is -5.90. The van der Waals surface area contributed by atoms with E-state index in [9.17, 15) is 30.4 Å². The van der Waals surface area contributed by atoms with Gasteiger partial charge in [-0.15, -0.1) is 10.2 Å². The summed E-state index contributed by atoms with van der Waals surface area (Å²) in [5.74, 6) is -5.43. The molecule has 0 spiro atoms. The molecule has 5 aromatic rings. The fraction of sp³-hybridized carbons (Fsp3) is 0.231. The second-order valence-electron chi connectivity index (χ2n) is 9.15. The van der Waals surface area contributed by atoms with Gasteiger partial charge in [0.05, 0.1) is 5.75 Å². The number of benzene rings is 2. The van der Waals surface area contributed by atoms with E-state index in [0.717, 1.165) is 11.1 Å². The number of aryl methyl sites for hydroxylation is 1. The fourth-order valence-electron chi connectivity index (χ4n) is 4.38. The number of hydrogen-bond acceptors (Lipinski definition) is 6. The fourth-order valence-corrected chi connectivity index (χ4v) is 5.78. The Kier molecular flexibility index (Phi) is 6.89. The molecule has 0 fully saturated rings. The topological polar surface area (TPSA) is 95.6 Å². The van der Waals surface area contributed by atoms with Gasteiger partial charge in [-0.2, -0.15) is 22.0 Å². The molecule has 0 radical (unpaired) electrons. The van der Waals surface area contributed by atoms with Crippen LogP contribution >= 0.6 is 11.6 Å². The lowest BCUT2D eigenvalue weighted by atomic mass is 10.0. The van der Waals surface area contributed by atoms with Crippen molar-refractivity contribution in [1.82, 2.24) is 29.3 Å². The molecule has 0 aliphatic rings. The number of halogens is 6. The van der Waals surface area contributed by atoms with Crippen LogP contribution in [0.1, 0.15) is 12.6 Å². The Bertz CT molecular complexity index is 1920. The standard InChI is InChI=1S/C26H20ClF5N6O2S/c1-4-41(39,40)24-20(23-33-18-13-19(25(28,29)26(30,31)32)35-36-22(18)37(23)2)34-21(38(24)3)16-9-5-7-14(11-16)15-8-6-10-17(27)12-15/h5-13H,4H2,1-3H3. The summed E-state index contributed by atoms with van der Waals surface area (Å²) in [6.45, 7) is 1.44. The first-order valence-electron chi connectivity index (χ1n) is 12.0. The summed E-state index contributed by atoms with van der Waals surface area (Å²) in [6.07, 6.45) is -5.90. The summed E-state index contributed by atoms with van der Waals surface area (Å²) in [5, 5.41) is 6.93. The maximum absolute atomic E-state index is 13.9. The van der Waals surface area contributed by atoms with Crippen LogP contribution in [-0.4, -0.2) is 49.6 Å². The summed E-state index contributed by atoms with van der Waals surface area (Å²) >= 11 is 6.14. The molecular weight excluding hydrogens is 591 g/mol. The molecular formula is C26H20ClF5N6O2S. The van der Waals surface area contributed by atoms with Crippen LogP contribution in [0.3, 0.4) is 0 Å². The van der Waals surface area contributed by atoms with Crippen molar-refractivity contribution in [2.75, 3.05) is 5.75 Å². The maximum atomic E-state index is 13.9. The van der Waals surface area contributed by atoms with E-state index in [1.165, 1.54) is 30.2 Å². The third-order valence-corrected chi connectivity index (χ3v) is 8.55. The van der Waals surface area contributed by atoms with E-state index in [2.05, 4.69) is 20.2 Å². The van der Waals surface area contributed by atoms with Gasteiger partial charge in [0.25, 0.3) is 0 Å². The van der Waals surface area contributed by atoms with Crippen LogP contribution in [-0.2, 0) is 29.9 Å². The van der Waals surface area contributed by atoms with Gasteiger partial charge in [-0.3, -0.25) is 0 Å². The molecule has 15 heteroatoms. The van der Waals surface area contributed by atoms with Crippen molar-refractivity contribution in [2.24, 2.45) is 14.1 Å². The molecule has 0 saturated carbocycles. The van der Waals surface area contributed by atoms with E-state index in [1.807, 2.05) is 12.1 Å². The predicted molar refractivity (Wildman–Crippen MR) is 142 cm³/mol. The molecule has 0 saturated heterocycles. The molecule has 3 aromatic heterocycles. The first-order valence-corrected chi connectivity index (χ1v) is 14.0. The predicted octanol–water partition coefficient (Wildman–Crippen LogP) is 6.20. The number of nitrogens with zero attached hydrogens (tertiary/aromatic N) is 6. The van der Waals surface area contributed by atoms with Crippen LogP contribution in [0.5, 0.6) is 0 Å².